The van der Waals surface area contributed by atoms with Gasteiger partial charge in [-0.05, 0) is 97.9 Å². The molecule has 4 nitrogen and oxygen atoms in total. The van der Waals surface area contributed by atoms with E-state index in [1.165, 1.54) is 50.5 Å². The minimum absolute atomic E-state index is 0.0747. The summed E-state index contributed by atoms with van der Waals surface area (Å²) in [5, 5.41) is 0. The van der Waals surface area contributed by atoms with Gasteiger partial charge in [-0.3, -0.25) is 9.59 Å². The molecule has 4 aliphatic rings. The summed E-state index contributed by atoms with van der Waals surface area (Å²) in [5.74, 6) is 3.74. The van der Waals surface area contributed by atoms with Gasteiger partial charge in [0.1, 0.15) is 12.4 Å². The Morgan fingerprint density at radius 3 is 2.45 bits per heavy atom. The average Bonchev–Trinajstić information content (AvgIpc) is 3.26. The third-order valence-corrected chi connectivity index (χ3v) is 12.1. The Labute approximate surface area is 244 Å². The second kappa shape index (κ2) is 13.7. The third-order valence-electron chi connectivity index (χ3n) is 12.1. The van der Waals surface area contributed by atoms with Crippen LogP contribution in [0.4, 0.5) is 0 Å². The van der Waals surface area contributed by atoms with Crippen molar-refractivity contribution in [3.63, 3.8) is 0 Å². The lowest BCUT2D eigenvalue weighted by Crippen LogP contribution is -2.53. The van der Waals surface area contributed by atoms with Gasteiger partial charge >= 0.3 is 5.97 Å². The number of ketones is 1. The average molecular weight is 555 g/mol. The smallest absolute Gasteiger partial charge is 0.306 e. The van der Waals surface area contributed by atoms with Crippen LogP contribution in [-0.4, -0.2) is 24.1 Å². The molecule has 3 fully saturated rings. The van der Waals surface area contributed by atoms with Crippen molar-refractivity contribution in [1.82, 2.24) is 0 Å². The zero-order chi connectivity index (χ0) is 28.9. The van der Waals surface area contributed by atoms with Crippen molar-refractivity contribution in [3.8, 4) is 0 Å². The molecule has 0 aliphatic heterocycles. The van der Waals surface area contributed by atoms with Crippen molar-refractivity contribution in [3.05, 3.63) is 11.6 Å². The topological polar surface area (TPSA) is 60.4 Å². The van der Waals surface area contributed by atoms with Gasteiger partial charge in [0.25, 0.3) is 0 Å². The van der Waals surface area contributed by atoms with Crippen LogP contribution in [0.3, 0.4) is 0 Å². The Morgan fingerprint density at radius 2 is 1.70 bits per heavy atom. The van der Waals surface area contributed by atoms with E-state index in [1.807, 2.05) is 6.08 Å². The SMILES string of the molecule is CC(C)CCC[C@@H](C)[C@H]1CC[C@H]2[C@@H]3C(=O)C=C4C[C@@H](OC(=O)CCCCCCCC=O)CC[C@]4(C)[C@H]3CC[C@]12C. The molecule has 0 radical (unpaired) electrons. The molecule has 4 aliphatic carbocycles. The molecule has 4 heteroatoms. The summed E-state index contributed by atoms with van der Waals surface area (Å²) in [4.78, 5) is 36.8. The van der Waals surface area contributed by atoms with Gasteiger partial charge < -0.3 is 9.53 Å². The zero-order valence-corrected chi connectivity index (χ0v) is 26.3. The standard InChI is InChI=1S/C36H58O4/c1-25(2)13-12-14-26(3)29-16-17-30-34-31(19-21-36(29,30)5)35(4)20-18-28(23-27(35)24-32(34)38)40-33(39)15-10-8-6-7-9-11-22-37/h22,24-26,28-31,34H,6-21,23H2,1-5H3/t26-,28+,29-,30+,31+,34+,35+,36-/m1/s1. The van der Waals surface area contributed by atoms with Crippen molar-refractivity contribution >= 4 is 18.0 Å². The number of hydrogen-bond acceptors (Lipinski definition) is 4. The van der Waals surface area contributed by atoms with E-state index < -0.39 is 0 Å². The maximum Gasteiger partial charge on any atom is 0.306 e. The maximum absolute atomic E-state index is 13.8. The zero-order valence-electron chi connectivity index (χ0n) is 26.3. The summed E-state index contributed by atoms with van der Waals surface area (Å²) < 4.78 is 5.94. The number of carbonyl (C=O) groups excluding carboxylic acids is 3. The van der Waals surface area contributed by atoms with Gasteiger partial charge in [-0.25, -0.2) is 0 Å². The highest BCUT2D eigenvalue weighted by Crippen LogP contribution is 2.66. The van der Waals surface area contributed by atoms with E-state index >= 15 is 0 Å². The number of allylic oxidation sites excluding steroid dienone is 1. The monoisotopic (exact) mass is 554 g/mol. The Kier molecular flexibility index (Phi) is 10.8. The van der Waals surface area contributed by atoms with E-state index in [0.29, 0.717) is 35.9 Å². The highest BCUT2D eigenvalue weighted by atomic mass is 16.5. The van der Waals surface area contributed by atoms with Gasteiger partial charge in [0.2, 0.25) is 0 Å². The predicted molar refractivity (Wildman–Crippen MR) is 162 cm³/mol. The van der Waals surface area contributed by atoms with E-state index in [4.69, 9.17) is 4.74 Å². The van der Waals surface area contributed by atoms with Crippen molar-refractivity contribution < 1.29 is 19.1 Å². The number of esters is 1. The number of carbonyl (C=O) groups is 3. The predicted octanol–water partition coefficient (Wildman–Crippen LogP) is 9.05. The van der Waals surface area contributed by atoms with Crippen LogP contribution in [0.5, 0.6) is 0 Å². The molecule has 3 saturated carbocycles. The van der Waals surface area contributed by atoms with Gasteiger partial charge in [-0.2, -0.15) is 0 Å². The highest BCUT2D eigenvalue weighted by Gasteiger charge is 2.61. The van der Waals surface area contributed by atoms with E-state index in [-0.39, 0.29) is 23.4 Å². The molecule has 0 N–H and O–H groups in total. The molecule has 0 unspecified atom stereocenters. The van der Waals surface area contributed by atoms with Crippen LogP contribution in [-0.2, 0) is 19.1 Å². The van der Waals surface area contributed by atoms with Crippen molar-refractivity contribution in [2.24, 2.45) is 46.3 Å². The summed E-state index contributed by atoms with van der Waals surface area (Å²) >= 11 is 0. The first kappa shape index (κ1) is 31.5. The normalized spacial score (nSPS) is 35.9. The molecule has 0 spiro atoms. The first-order valence-corrected chi connectivity index (χ1v) is 17.0. The van der Waals surface area contributed by atoms with Crippen LogP contribution < -0.4 is 0 Å². The minimum atomic E-state index is -0.0879. The largest absolute Gasteiger partial charge is 0.462 e. The molecule has 0 amide bonds. The summed E-state index contributed by atoms with van der Waals surface area (Å²) in [5.41, 5.74) is 1.64. The highest BCUT2D eigenvalue weighted by molar-refractivity contribution is 5.94. The Hall–Kier alpha value is -1.45. The molecule has 0 heterocycles. The Bertz CT molecular complexity index is 920. The van der Waals surface area contributed by atoms with Crippen LogP contribution in [0, 0.1) is 46.3 Å². The van der Waals surface area contributed by atoms with E-state index in [0.717, 1.165) is 75.4 Å². The molecule has 0 bridgehead atoms. The first-order chi connectivity index (χ1) is 19.1. The van der Waals surface area contributed by atoms with Crippen molar-refractivity contribution in [2.45, 2.75) is 150 Å². The molecule has 4 rings (SSSR count). The number of fused-ring (bicyclic) bond motifs is 5. The van der Waals surface area contributed by atoms with Crippen LogP contribution >= 0.6 is 0 Å². The first-order valence-electron chi connectivity index (χ1n) is 17.0. The molecule has 0 aromatic heterocycles. The second-order valence-electron chi connectivity index (χ2n) is 15.1. The summed E-state index contributed by atoms with van der Waals surface area (Å²) in [6.45, 7) is 12.1. The maximum atomic E-state index is 13.8. The van der Waals surface area contributed by atoms with E-state index in [9.17, 15) is 14.4 Å². The van der Waals surface area contributed by atoms with Crippen LogP contribution in [0.25, 0.3) is 0 Å². The molecule has 0 saturated heterocycles. The fraction of sp³-hybridized carbons (Fsp3) is 0.861. The lowest BCUT2D eigenvalue weighted by Gasteiger charge is -2.57. The molecule has 0 aromatic rings. The van der Waals surface area contributed by atoms with E-state index in [1.54, 1.807) is 0 Å². The van der Waals surface area contributed by atoms with Gasteiger partial charge in [0.05, 0.1) is 0 Å². The lowest BCUT2D eigenvalue weighted by atomic mass is 9.46. The van der Waals surface area contributed by atoms with Gasteiger partial charge in [-0.15, -0.1) is 0 Å². The third kappa shape index (κ3) is 6.78. The van der Waals surface area contributed by atoms with Gasteiger partial charge in [-0.1, -0.05) is 78.7 Å². The van der Waals surface area contributed by atoms with Crippen LogP contribution in [0.2, 0.25) is 0 Å². The Morgan fingerprint density at radius 1 is 0.950 bits per heavy atom. The van der Waals surface area contributed by atoms with Gasteiger partial charge in [0, 0.05) is 25.2 Å². The summed E-state index contributed by atoms with van der Waals surface area (Å²) in [6, 6.07) is 0. The molecule has 226 valence electrons. The second-order valence-corrected chi connectivity index (χ2v) is 15.1. The quantitative estimate of drug-likeness (QED) is 0.122. The summed E-state index contributed by atoms with van der Waals surface area (Å²) in [7, 11) is 0. The number of aldehydes is 1. The molecular weight excluding hydrogens is 496 g/mol. The molecule has 0 aromatic carbocycles. The fourth-order valence-electron chi connectivity index (χ4n) is 9.77. The fourth-order valence-corrected chi connectivity index (χ4v) is 9.77. The number of unbranched alkanes of at least 4 members (excludes halogenated alkanes) is 5. The minimum Gasteiger partial charge on any atom is -0.462 e. The van der Waals surface area contributed by atoms with Crippen LogP contribution in [0.15, 0.2) is 11.6 Å². The Balaban J connectivity index is 1.33. The number of ether oxygens (including phenoxy) is 1. The summed E-state index contributed by atoms with van der Waals surface area (Å²) in [6.07, 6.45) is 20.6. The van der Waals surface area contributed by atoms with Crippen molar-refractivity contribution in [1.29, 1.82) is 0 Å². The molecule has 40 heavy (non-hydrogen) atoms. The van der Waals surface area contributed by atoms with E-state index in [2.05, 4.69) is 34.6 Å². The number of rotatable bonds is 14. The molecule has 8 atom stereocenters. The lowest BCUT2D eigenvalue weighted by molar-refractivity contribution is -0.152. The molecular formula is C36H58O4. The number of hydrogen-bond donors (Lipinski definition) is 0. The van der Waals surface area contributed by atoms with Crippen LogP contribution in [0.1, 0.15) is 144 Å². The van der Waals surface area contributed by atoms with Crippen molar-refractivity contribution in [2.75, 3.05) is 0 Å². The van der Waals surface area contributed by atoms with Gasteiger partial charge in [0.15, 0.2) is 5.78 Å².